The number of hydrazine groups is 1. The molecular weight excluding hydrogens is 332 g/mol. The summed E-state index contributed by atoms with van der Waals surface area (Å²) in [7, 11) is 0. The number of para-hydroxylation sites is 1. The van der Waals surface area contributed by atoms with Gasteiger partial charge in [-0.2, -0.15) is 5.26 Å². The third-order valence-corrected chi connectivity index (χ3v) is 3.50. The fourth-order valence-electron chi connectivity index (χ4n) is 2.19. The number of hydrogen-bond acceptors (Lipinski definition) is 5. The Bertz CT molecular complexity index is 994. The number of carbonyl (C=O) groups is 2. The van der Waals surface area contributed by atoms with Crippen LogP contribution in [0.2, 0.25) is 0 Å². The zero-order chi connectivity index (χ0) is 18.4. The van der Waals surface area contributed by atoms with Crippen molar-refractivity contribution in [1.29, 1.82) is 5.26 Å². The lowest BCUT2D eigenvalue weighted by Crippen LogP contribution is -2.44. The average molecular weight is 346 g/mol. The molecule has 2 aromatic carbocycles. The van der Waals surface area contributed by atoms with E-state index in [4.69, 9.17) is 10.00 Å². The predicted molar refractivity (Wildman–Crippen MR) is 94.0 cm³/mol. The number of nitrogens with one attached hydrogen (secondary N) is 2. The Morgan fingerprint density at radius 2 is 1.77 bits per heavy atom. The van der Waals surface area contributed by atoms with Crippen molar-refractivity contribution in [3.63, 3.8) is 0 Å². The number of amides is 2. The molecule has 0 radical (unpaired) electrons. The Morgan fingerprint density at radius 1 is 1.00 bits per heavy atom. The fourth-order valence-corrected chi connectivity index (χ4v) is 2.19. The SMILES string of the molecule is N#Cc1ccc(OCC(=O)NNC(=O)c2ccc3ccccc3n2)cc1. The lowest BCUT2D eigenvalue weighted by Gasteiger charge is -2.09. The molecule has 0 atom stereocenters. The molecule has 0 saturated carbocycles. The minimum atomic E-state index is -0.525. The maximum absolute atomic E-state index is 12.1. The van der Waals surface area contributed by atoms with Crippen LogP contribution in [-0.2, 0) is 4.79 Å². The van der Waals surface area contributed by atoms with Gasteiger partial charge in [-0.25, -0.2) is 4.98 Å². The fraction of sp³-hybridized carbons (Fsp3) is 0.0526. The van der Waals surface area contributed by atoms with Crippen LogP contribution in [0.5, 0.6) is 5.75 Å². The van der Waals surface area contributed by atoms with Crippen molar-refractivity contribution in [1.82, 2.24) is 15.8 Å². The minimum absolute atomic E-state index is 0.192. The molecular formula is C19H14N4O3. The van der Waals surface area contributed by atoms with Gasteiger partial charge in [-0.3, -0.25) is 20.4 Å². The highest BCUT2D eigenvalue weighted by Gasteiger charge is 2.10. The van der Waals surface area contributed by atoms with Gasteiger partial charge in [0, 0.05) is 5.39 Å². The van der Waals surface area contributed by atoms with Crippen LogP contribution in [0.25, 0.3) is 10.9 Å². The summed E-state index contributed by atoms with van der Waals surface area (Å²) < 4.78 is 5.27. The molecule has 2 N–H and O–H groups in total. The van der Waals surface area contributed by atoms with Gasteiger partial charge in [0.25, 0.3) is 11.8 Å². The molecule has 3 rings (SSSR count). The average Bonchev–Trinajstić information content (AvgIpc) is 2.70. The van der Waals surface area contributed by atoms with E-state index in [9.17, 15) is 9.59 Å². The maximum Gasteiger partial charge on any atom is 0.288 e. The zero-order valence-electron chi connectivity index (χ0n) is 13.6. The third kappa shape index (κ3) is 4.13. The number of carbonyl (C=O) groups excluding carboxylic acids is 2. The largest absolute Gasteiger partial charge is 0.484 e. The van der Waals surface area contributed by atoms with Gasteiger partial charge < -0.3 is 4.74 Å². The van der Waals surface area contributed by atoms with E-state index in [2.05, 4.69) is 15.8 Å². The number of pyridine rings is 1. The van der Waals surface area contributed by atoms with Crippen molar-refractivity contribution in [2.75, 3.05) is 6.61 Å². The Hall–Kier alpha value is -3.92. The molecule has 7 heteroatoms. The standard InChI is InChI=1S/C19H14N4O3/c20-11-13-5-8-15(9-6-13)26-12-18(24)22-23-19(25)17-10-7-14-3-1-2-4-16(14)21-17/h1-10H,12H2,(H,22,24)(H,23,25). The Kier molecular flexibility index (Phi) is 5.05. The molecule has 0 aliphatic carbocycles. The number of ether oxygens (including phenoxy) is 1. The number of hydrogen-bond donors (Lipinski definition) is 2. The van der Waals surface area contributed by atoms with E-state index in [1.807, 2.05) is 24.3 Å². The summed E-state index contributed by atoms with van der Waals surface area (Å²) in [6.45, 7) is -0.280. The van der Waals surface area contributed by atoms with Gasteiger partial charge in [0.05, 0.1) is 17.1 Å². The van der Waals surface area contributed by atoms with Gasteiger partial charge >= 0.3 is 0 Å². The molecule has 0 unspecified atom stereocenters. The van der Waals surface area contributed by atoms with Crippen molar-refractivity contribution in [2.24, 2.45) is 0 Å². The number of rotatable bonds is 4. The molecule has 0 aliphatic rings. The van der Waals surface area contributed by atoms with Gasteiger partial charge in [-0.05, 0) is 36.4 Å². The van der Waals surface area contributed by atoms with Gasteiger partial charge in [-0.15, -0.1) is 0 Å². The van der Waals surface area contributed by atoms with Gasteiger partial charge in [-0.1, -0.05) is 24.3 Å². The first-order valence-electron chi connectivity index (χ1n) is 7.73. The normalized spacial score (nSPS) is 9.96. The summed E-state index contributed by atoms with van der Waals surface area (Å²) in [6.07, 6.45) is 0. The molecule has 3 aromatic rings. The molecule has 0 aliphatic heterocycles. The van der Waals surface area contributed by atoms with Crippen LogP contribution in [0.1, 0.15) is 16.1 Å². The van der Waals surface area contributed by atoms with E-state index in [0.717, 1.165) is 5.39 Å². The number of nitriles is 1. The summed E-state index contributed by atoms with van der Waals surface area (Å²) in [5, 5.41) is 9.64. The summed E-state index contributed by atoms with van der Waals surface area (Å²) >= 11 is 0. The zero-order valence-corrected chi connectivity index (χ0v) is 13.6. The van der Waals surface area contributed by atoms with Crippen molar-refractivity contribution in [3.8, 4) is 11.8 Å². The highest BCUT2D eigenvalue weighted by molar-refractivity contribution is 5.95. The predicted octanol–water partition coefficient (Wildman–Crippen LogP) is 1.95. The third-order valence-electron chi connectivity index (χ3n) is 3.50. The van der Waals surface area contributed by atoms with Crippen molar-refractivity contribution in [3.05, 3.63) is 71.9 Å². The lowest BCUT2D eigenvalue weighted by atomic mass is 10.2. The van der Waals surface area contributed by atoms with Crippen molar-refractivity contribution < 1.29 is 14.3 Å². The Balaban J connectivity index is 1.51. The number of nitrogens with zero attached hydrogens (tertiary/aromatic N) is 2. The molecule has 0 spiro atoms. The smallest absolute Gasteiger partial charge is 0.288 e. The minimum Gasteiger partial charge on any atom is -0.484 e. The van der Waals surface area contributed by atoms with E-state index in [0.29, 0.717) is 16.8 Å². The molecule has 26 heavy (non-hydrogen) atoms. The summed E-state index contributed by atoms with van der Waals surface area (Å²) in [4.78, 5) is 28.1. The number of fused-ring (bicyclic) bond motifs is 1. The first-order valence-corrected chi connectivity index (χ1v) is 7.73. The summed E-state index contributed by atoms with van der Waals surface area (Å²) in [5.41, 5.74) is 5.94. The molecule has 2 amide bonds. The lowest BCUT2D eigenvalue weighted by molar-refractivity contribution is -0.123. The van der Waals surface area contributed by atoms with Crippen molar-refractivity contribution >= 4 is 22.7 Å². The first-order chi connectivity index (χ1) is 12.7. The van der Waals surface area contributed by atoms with Crippen LogP contribution in [0.3, 0.4) is 0 Å². The molecule has 1 heterocycles. The van der Waals surface area contributed by atoms with E-state index in [-0.39, 0.29) is 12.3 Å². The second-order valence-electron chi connectivity index (χ2n) is 5.32. The van der Waals surface area contributed by atoms with Crippen LogP contribution >= 0.6 is 0 Å². The van der Waals surface area contributed by atoms with Crippen LogP contribution in [-0.4, -0.2) is 23.4 Å². The summed E-state index contributed by atoms with van der Waals surface area (Å²) in [6, 6.07) is 19.1. The highest BCUT2D eigenvalue weighted by atomic mass is 16.5. The molecule has 0 saturated heterocycles. The Labute approximate surface area is 149 Å². The molecule has 1 aromatic heterocycles. The Morgan fingerprint density at radius 3 is 2.54 bits per heavy atom. The molecule has 0 bridgehead atoms. The molecule has 7 nitrogen and oxygen atoms in total. The van der Waals surface area contributed by atoms with Crippen molar-refractivity contribution in [2.45, 2.75) is 0 Å². The monoisotopic (exact) mass is 346 g/mol. The quantitative estimate of drug-likeness (QED) is 0.703. The van der Waals surface area contributed by atoms with Crippen LogP contribution in [0, 0.1) is 11.3 Å². The van der Waals surface area contributed by atoms with Crippen LogP contribution in [0.4, 0.5) is 0 Å². The number of aromatic nitrogens is 1. The number of benzene rings is 2. The van der Waals surface area contributed by atoms with E-state index >= 15 is 0 Å². The van der Waals surface area contributed by atoms with Crippen LogP contribution < -0.4 is 15.6 Å². The second kappa shape index (κ2) is 7.77. The summed E-state index contributed by atoms with van der Waals surface area (Å²) in [5.74, 6) is -0.604. The van der Waals surface area contributed by atoms with Gasteiger partial charge in [0.15, 0.2) is 6.61 Å². The highest BCUT2D eigenvalue weighted by Crippen LogP contribution is 2.12. The van der Waals surface area contributed by atoms with E-state index in [1.54, 1.807) is 42.5 Å². The topological polar surface area (TPSA) is 104 Å². The van der Waals surface area contributed by atoms with E-state index < -0.39 is 11.8 Å². The maximum atomic E-state index is 12.1. The first kappa shape index (κ1) is 16.9. The van der Waals surface area contributed by atoms with Gasteiger partial charge in [0.2, 0.25) is 0 Å². The molecule has 128 valence electrons. The second-order valence-corrected chi connectivity index (χ2v) is 5.32. The van der Waals surface area contributed by atoms with Crippen LogP contribution in [0.15, 0.2) is 60.7 Å². The van der Waals surface area contributed by atoms with Gasteiger partial charge in [0.1, 0.15) is 11.4 Å². The van der Waals surface area contributed by atoms with E-state index in [1.165, 1.54) is 0 Å². The molecule has 0 fully saturated rings.